The molecule has 0 spiro atoms. The van der Waals surface area contributed by atoms with Crippen molar-refractivity contribution in [3.05, 3.63) is 71.3 Å². The Labute approximate surface area is 167 Å². The van der Waals surface area contributed by atoms with E-state index in [0.29, 0.717) is 13.0 Å². The minimum Gasteiger partial charge on any atom is -0.385 e. The van der Waals surface area contributed by atoms with E-state index < -0.39 is 5.60 Å². The van der Waals surface area contributed by atoms with Gasteiger partial charge in [-0.05, 0) is 48.8 Å². The van der Waals surface area contributed by atoms with Crippen LogP contribution in [0.4, 0.5) is 0 Å². The van der Waals surface area contributed by atoms with E-state index in [-0.39, 0.29) is 23.8 Å². The van der Waals surface area contributed by atoms with Crippen LogP contribution in [0.3, 0.4) is 0 Å². The average Bonchev–Trinajstić information content (AvgIpc) is 3.19. The quantitative estimate of drug-likeness (QED) is 0.845. The molecule has 1 aliphatic heterocycles. The summed E-state index contributed by atoms with van der Waals surface area (Å²) in [5.74, 6) is 0.427. The molecule has 1 saturated carbocycles. The van der Waals surface area contributed by atoms with Crippen LogP contribution in [-0.4, -0.2) is 28.5 Å². The Morgan fingerprint density at radius 2 is 1.71 bits per heavy atom. The summed E-state index contributed by atoms with van der Waals surface area (Å²) >= 11 is 0. The molecule has 2 aromatic carbocycles. The fourth-order valence-corrected chi connectivity index (χ4v) is 6.06. The number of benzene rings is 2. The molecule has 0 radical (unpaired) electrons. The number of carbonyl (C=O) groups excluding carboxylic acids is 1. The summed E-state index contributed by atoms with van der Waals surface area (Å²) in [6, 6.07) is 18.7. The first-order valence-corrected chi connectivity index (χ1v) is 10.8. The van der Waals surface area contributed by atoms with Crippen LogP contribution in [0.25, 0.3) is 0 Å². The number of hydrogen-bond acceptors (Lipinski definition) is 2. The van der Waals surface area contributed by atoms with Crippen molar-refractivity contribution in [1.82, 2.24) is 4.90 Å². The van der Waals surface area contributed by atoms with E-state index in [9.17, 15) is 9.90 Å². The lowest BCUT2D eigenvalue weighted by atomic mass is 9.66. The molecule has 1 saturated heterocycles. The van der Waals surface area contributed by atoms with Crippen molar-refractivity contribution in [1.29, 1.82) is 0 Å². The van der Waals surface area contributed by atoms with Gasteiger partial charge in [0.15, 0.2) is 0 Å². The number of nitrogens with zero attached hydrogens (tertiary/aromatic N) is 1. The number of aryl methyl sites for hydroxylation is 1. The molecule has 2 fully saturated rings. The zero-order valence-electron chi connectivity index (χ0n) is 16.4. The fraction of sp³-hybridized carbons (Fsp3) is 0.480. The number of fused-ring (bicyclic) bond motifs is 2. The Kier molecular flexibility index (Phi) is 4.51. The summed E-state index contributed by atoms with van der Waals surface area (Å²) < 4.78 is 0. The highest BCUT2D eigenvalue weighted by molar-refractivity contribution is 5.85. The van der Waals surface area contributed by atoms with E-state index in [0.717, 1.165) is 44.1 Å². The van der Waals surface area contributed by atoms with E-state index in [1.165, 1.54) is 11.1 Å². The van der Waals surface area contributed by atoms with Crippen LogP contribution in [0, 0.1) is 5.92 Å². The first-order chi connectivity index (χ1) is 13.7. The molecule has 2 unspecified atom stereocenters. The Bertz CT molecular complexity index is 864. The second-order valence-corrected chi connectivity index (χ2v) is 8.82. The van der Waals surface area contributed by atoms with Crippen molar-refractivity contribution in [2.24, 2.45) is 5.92 Å². The summed E-state index contributed by atoms with van der Waals surface area (Å²) in [5.41, 5.74) is 2.77. The number of likely N-dealkylation sites (tertiary alicyclic amines) is 1. The van der Waals surface area contributed by atoms with E-state index >= 15 is 0 Å². The number of hydrogen-bond donors (Lipinski definition) is 1. The zero-order chi connectivity index (χ0) is 19.1. The first-order valence-electron chi connectivity index (χ1n) is 10.8. The van der Waals surface area contributed by atoms with Crippen LogP contribution >= 0.6 is 0 Å². The number of carbonyl (C=O) groups is 1. The van der Waals surface area contributed by atoms with Gasteiger partial charge in [0.1, 0.15) is 0 Å². The van der Waals surface area contributed by atoms with Gasteiger partial charge < -0.3 is 10.0 Å². The van der Waals surface area contributed by atoms with Gasteiger partial charge in [0.05, 0.1) is 11.5 Å². The lowest BCUT2D eigenvalue weighted by Crippen LogP contribution is -2.59. The number of rotatable bonds is 2. The molecule has 3 heteroatoms. The number of amides is 1. The molecule has 2 aliphatic carbocycles. The van der Waals surface area contributed by atoms with Gasteiger partial charge in [-0.15, -0.1) is 0 Å². The molecule has 0 bridgehead atoms. The third-order valence-corrected chi connectivity index (χ3v) is 7.46. The lowest BCUT2D eigenvalue weighted by Gasteiger charge is -2.53. The predicted octanol–water partition coefficient (Wildman–Crippen LogP) is 4.40. The summed E-state index contributed by atoms with van der Waals surface area (Å²) in [6.45, 7) is 0.657. The smallest absolute Gasteiger partial charge is 0.230 e. The third-order valence-electron chi connectivity index (χ3n) is 7.46. The second kappa shape index (κ2) is 7.04. The molecule has 146 valence electrons. The lowest BCUT2D eigenvalue weighted by molar-refractivity contribution is -0.156. The van der Waals surface area contributed by atoms with Crippen molar-refractivity contribution >= 4 is 5.91 Å². The summed E-state index contributed by atoms with van der Waals surface area (Å²) in [4.78, 5) is 15.8. The Morgan fingerprint density at radius 1 is 0.964 bits per heavy atom. The molecule has 28 heavy (non-hydrogen) atoms. The summed E-state index contributed by atoms with van der Waals surface area (Å²) in [7, 11) is 0. The highest BCUT2D eigenvalue weighted by Gasteiger charge is 2.51. The van der Waals surface area contributed by atoms with Gasteiger partial charge in [-0.1, -0.05) is 67.4 Å². The molecule has 3 aliphatic rings. The third kappa shape index (κ3) is 2.79. The largest absolute Gasteiger partial charge is 0.385 e. The van der Waals surface area contributed by atoms with Crippen LogP contribution in [-0.2, 0) is 16.8 Å². The van der Waals surface area contributed by atoms with Gasteiger partial charge in [0.2, 0.25) is 5.91 Å². The predicted molar refractivity (Wildman–Crippen MR) is 110 cm³/mol. The normalized spacial score (nSPS) is 31.9. The summed E-state index contributed by atoms with van der Waals surface area (Å²) in [6.07, 6.45) is 6.87. The minimum absolute atomic E-state index is 0.00157. The number of piperidine rings is 1. The second-order valence-electron chi connectivity index (χ2n) is 8.82. The van der Waals surface area contributed by atoms with Crippen molar-refractivity contribution in [3.8, 4) is 0 Å². The van der Waals surface area contributed by atoms with E-state index in [1.54, 1.807) is 0 Å². The molecule has 1 heterocycles. The van der Waals surface area contributed by atoms with Crippen molar-refractivity contribution in [3.63, 3.8) is 0 Å². The van der Waals surface area contributed by atoms with Crippen molar-refractivity contribution in [2.45, 2.75) is 62.5 Å². The molecule has 0 aromatic heterocycles. The molecule has 3 nitrogen and oxygen atoms in total. The van der Waals surface area contributed by atoms with Gasteiger partial charge in [-0.2, -0.15) is 0 Å². The monoisotopic (exact) mass is 375 g/mol. The molecule has 1 amide bonds. The Morgan fingerprint density at radius 3 is 2.57 bits per heavy atom. The molecule has 2 aromatic rings. The van der Waals surface area contributed by atoms with Gasteiger partial charge in [-0.25, -0.2) is 0 Å². The average molecular weight is 376 g/mol. The SMILES string of the molecule is O=C(C1CCc2ccccc21)N1CC[C@@](O)(c2ccccc2)[C@@H]2CCCCC21. The highest BCUT2D eigenvalue weighted by Crippen LogP contribution is 2.48. The maximum Gasteiger partial charge on any atom is 0.230 e. The molecule has 1 N–H and O–H groups in total. The van der Waals surface area contributed by atoms with Crippen LogP contribution in [0.5, 0.6) is 0 Å². The van der Waals surface area contributed by atoms with Crippen molar-refractivity contribution < 1.29 is 9.90 Å². The fourth-order valence-electron chi connectivity index (χ4n) is 6.06. The van der Waals surface area contributed by atoms with Crippen LogP contribution in [0.2, 0.25) is 0 Å². The van der Waals surface area contributed by atoms with Crippen LogP contribution in [0.1, 0.15) is 61.1 Å². The molecule has 4 atom stereocenters. The summed E-state index contributed by atoms with van der Waals surface area (Å²) in [5, 5.41) is 11.7. The van der Waals surface area contributed by atoms with Crippen LogP contribution < -0.4 is 0 Å². The first kappa shape index (κ1) is 17.9. The molecular weight excluding hydrogens is 346 g/mol. The van der Waals surface area contributed by atoms with Gasteiger partial charge in [-0.3, -0.25) is 4.79 Å². The topological polar surface area (TPSA) is 40.5 Å². The molecular formula is C25H29NO2. The Balaban J connectivity index is 1.44. The van der Waals surface area contributed by atoms with E-state index in [1.807, 2.05) is 18.2 Å². The zero-order valence-corrected chi connectivity index (χ0v) is 16.4. The number of aliphatic hydroxyl groups is 1. The maximum atomic E-state index is 13.6. The standard InChI is InChI=1S/C25H29NO2/c27-24(21-15-14-18-8-4-5-11-20(18)21)26-17-16-25(28,19-9-2-1-3-10-19)22-12-6-7-13-23(22)26/h1-5,8-11,21-23,28H,6-7,12-17H2/t21?,22-,23?,25-/m1/s1. The molecule has 5 rings (SSSR count). The van der Waals surface area contributed by atoms with Gasteiger partial charge in [0.25, 0.3) is 0 Å². The van der Waals surface area contributed by atoms with Crippen LogP contribution in [0.15, 0.2) is 54.6 Å². The Hall–Kier alpha value is -2.13. The minimum atomic E-state index is -0.809. The highest BCUT2D eigenvalue weighted by atomic mass is 16.3. The van der Waals surface area contributed by atoms with E-state index in [2.05, 4.69) is 41.3 Å². The van der Waals surface area contributed by atoms with Gasteiger partial charge in [0, 0.05) is 18.5 Å². The van der Waals surface area contributed by atoms with E-state index in [4.69, 9.17) is 0 Å². The van der Waals surface area contributed by atoms with Crippen molar-refractivity contribution in [2.75, 3.05) is 6.54 Å². The van der Waals surface area contributed by atoms with Gasteiger partial charge >= 0.3 is 0 Å². The maximum absolute atomic E-state index is 13.6.